The molecular formula is C31H23N. The molecule has 1 aromatic heterocycles. The van der Waals surface area contributed by atoms with Crippen LogP contribution in [0.2, 0.25) is 0 Å². The Balaban J connectivity index is 1.73. The van der Waals surface area contributed by atoms with Gasteiger partial charge in [0.1, 0.15) is 0 Å². The molecule has 1 heterocycles. The summed E-state index contributed by atoms with van der Waals surface area (Å²) in [5.41, 5.74) is 9.91. The van der Waals surface area contributed by atoms with Gasteiger partial charge in [0, 0.05) is 16.5 Å². The van der Waals surface area contributed by atoms with Gasteiger partial charge < -0.3 is 4.57 Å². The Bertz CT molecular complexity index is 1540. The summed E-state index contributed by atoms with van der Waals surface area (Å²) in [6, 6.07) is 43.7. The van der Waals surface area contributed by atoms with Crippen LogP contribution < -0.4 is 0 Å². The van der Waals surface area contributed by atoms with Gasteiger partial charge in [-0.3, -0.25) is 0 Å². The van der Waals surface area contributed by atoms with Gasteiger partial charge in [-0.25, -0.2) is 0 Å². The number of nitrogens with zero attached hydrogens (tertiary/aromatic N) is 1. The highest BCUT2D eigenvalue weighted by Gasteiger charge is 2.16. The predicted octanol–water partition coefficient (Wildman–Crippen LogP) is 8.43. The van der Waals surface area contributed by atoms with E-state index in [0.29, 0.717) is 0 Å². The van der Waals surface area contributed by atoms with E-state index < -0.39 is 0 Å². The molecule has 1 nitrogen and oxygen atoms in total. The minimum Gasteiger partial charge on any atom is -0.309 e. The lowest BCUT2D eigenvalue weighted by Gasteiger charge is -2.09. The van der Waals surface area contributed by atoms with Crippen LogP contribution in [0.25, 0.3) is 49.7 Å². The van der Waals surface area contributed by atoms with Gasteiger partial charge in [0.25, 0.3) is 0 Å². The quantitative estimate of drug-likeness (QED) is 0.276. The summed E-state index contributed by atoms with van der Waals surface area (Å²) in [4.78, 5) is 0. The van der Waals surface area contributed by atoms with Crippen LogP contribution in [0, 0.1) is 6.92 Å². The third-order valence-electron chi connectivity index (χ3n) is 6.27. The van der Waals surface area contributed by atoms with Gasteiger partial charge in [-0.05, 0) is 59.5 Å². The summed E-state index contributed by atoms with van der Waals surface area (Å²) < 4.78 is 2.39. The molecule has 32 heavy (non-hydrogen) atoms. The van der Waals surface area contributed by atoms with Crippen LogP contribution >= 0.6 is 0 Å². The van der Waals surface area contributed by atoms with E-state index >= 15 is 0 Å². The van der Waals surface area contributed by atoms with Gasteiger partial charge in [-0.1, -0.05) is 96.6 Å². The average Bonchev–Trinajstić information content (AvgIpc) is 3.19. The summed E-state index contributed by atoms with van der Waals surface area (Å²) in [5, 5.41) is 2.58. The van der Waals surface area contributed by atoms with Crippen molar-refractivity contribution in [1.29, 1.82) is 0 Å². The maximum absolute atomic E-state index is 2.39. The van der Waals surface area contributed by atoms with Crippen molar-refractivity contribution in [3.63, 3.8) is 0 Å². The molecule has 0 amide bonds. The summed E-state index contributed by atoms with van der Waals surface area (Å²) in [5.74, 6) is 0. The molecule has 1 heteroatoms. The highest BCUT2D eigenvalue weighted by atomic mass is 15.0. The topological polar surface area (TPSA) is 4.93 Å². The van der Waals surface area contributed by atoms with Crippen LogP contribution in [-0.2, 0) is 0 Å². The van der Waals surface area contributed by atoms with E-state index in [4.69, 9.17) is 0 Å². The van der Waals surface area contributed by atoms with Crippen LogP contribution in [0.5, 0.6) is 0 Å². The molecule has 0 aliphatic rings. The molecule has 6 aromatic rings. The average molecular weight is 410 g/mol. The molecule has 0 aliphatic carbocycles. The SMILES string of the molecule is Cc1ccc(-n2c3ccc(-c4ccccc4)cc3c3c(-c4ccccc4)cccc32)cc1. The Morgan fingerprint density at radius 2 is 1.19 bits per heavy atom. The first-order chi connectivity index (χ1) is 15.8. The molecular weight excluding hydrogens is 386 g/mol. The van der Waals surface area contributed by atoms with Crippen molar-refractivity contribution in [3.8, 4) is 27.9 Å². The van der Waals surface area contributed by atoms with Crippen molar-refractivity contribution in [2.75, 3.05) is 0 Å². The highest BCUT2D eigenvalue weighted by Crippen LogP contribution is 2.40. The molecule has 0 spiro atoms. The maximum Gasteiger partial charge on any atom is 0.0547 e. The number of hydrogen-bond donors (Lipinski definition) is 0. The van der Waals surface area contributed by atoms with Gasteiger partial charge in [-0.15, -0.1) is 0 Å². The molecule has 0 N–H and O–H groups in total. The van der Waals surface area contributed by atoms with Gasteiger partial charge in [0.15, 0.2) is 0 Å². The number of hydrogen-bond acceptors (Lipinski definition) is 0. The van der Waals surface area contributed by atoms with Gasteiger partial charge in [0.05, 0.1) is 11.0 Å². The van der Waals surface area contributed by atoms with Crippen LogP contribution in [0.4, 0.5) is 0 Å². The zero-order chi connectivity index (χ0) is 21.5. The maximum atomic E-state index is 2.39. The Morgan fingerprint density at radius 3 is 1.91 bits per heavy atom. The first-order valence-electron chi connectivity index (χ1n) is 11.0. The van der Waals surface area contributed by atoms with E-state index in [1.165, 1.54) is 55.3 Å². The lowest BCUT2D eigenvalue weighted by molar-refractivity contribution is 1.17. The Kier molecular flexibility index (Phi) is 4.40. The lowest BCUT2D eigenvalue weighted by Crippen LogP contribution is -1.93. The third-order valence-corrected chi connectivity index (χ3v) is 6.27. The molecule has 0 atom stereocenters. The van der Waals surface area contributed by atoms with Crippen molar-refractivity contribution in [3.05, 3.63) is 127 Å². The van der Waals surface area contributed by atoms with Gasteiger partial charge in [-0.2, -0.15) is 0 Å². The van der Waals surface area contributed by atoms with E-state index in [2.05, 4.69) is 133 Å². The zero-order valence-electron chi connectivity index (χ0n) is 18.0. The number of benzene rings is 5. The number of aromatic nitrogens is 1. The molecule has 0 unspecified atom stereocenters. The summed E-state index contributed by atoms with van der Waals surface area (Å²) >= 11 is 0. The lowest BCUT2D eigenvalue weighted by atomic mass is 9.97. The van der Waals surface area contributed by atoms with E-state index in [9.17, 15) is 0 Å². The summed E-state index contributed by atoms with van der Waals surface area (Å²) in [7, 11) is 0. The van der Waals surface area contributed by atoms with E-state index in [1.807, 2.05) is 0 Å². The molecule has 0 bridgehead atoms. The Hall–Kier alpha value is -4.10. The van der Waals surface area contributed by atoms with E-state index in [0.717, 1.165) is 0 Å². The van der Waals surface area contributed by atoms with Crippen molar-refractivity contribution in [2.45, 2.75) is 6.92 Å². The number of rotatable bonds is 3. The van der Waals surface area contributed by atoms with Crippen LogP contribution in [0.15, 0.2) is 121 Å². The first-order valence-corrected chi connectivity index (χ1v) is 11.0. The Labute approximate surface area is 188 Å². The van der Waals surface area contributed by atoms with Gasteiger partial charge in [0.2, 0.25) is 0 Å². The number of fused-ring (bicyclic) bond motifs is 3. The minimum atomic E-state index is 1.19. The second-order valence-electron chi connectivity index (χ2n) is 8.33. The van der Waals surface area contributed by atoms with Crippen molar-refractivity contribution >= 4 is 21.8 Å². The van der Waals surface area contributed by atoms with Crippen molar-refractivity contribution in [2.24, 2.45) is 0 Å². The normalized spacial score (nSPS) is 11.3. The largest absolute Gasteiger partial charge is 0.309 e. The van der Waals surface area contributed by atoms with E-state index in [1.54, 1.807) is 0 Å². The standard InChI is InChI=1S/C31H23N/c1-22-15-18-26(19-16-22)32-29-20-17-25(23-9-4-2-5-10-23)21-28(29)31-27(13-8-14-30(31)32)24-11-6-3-7-12-24/h2-21H,1H3. The molecule has 0 fully saturated rings. The van der Waals surface area contributed by atoms with Crippen LogP contribution in [-0.4, -0.2) is 4.57 Å². The molecule has 0 saturated heterocycles. The zero-order valence-corrected chi connectivity index (χ0v) is 18.0. The Morgan fingerprint density at radius 1 is 0.500 bits per heavy atom. The van der Waals surface area contributed by atoms with Crippen molar-refractivity contribution in [1.82, 2.24) is 4.57 Å². The molecule has 0 saturated carbocycles. The second kappa shape index (κ2) is 7.55. The summed E-state index contributed by atoms with van der Waals surface area (Å²) in [6.45, 7) is 2.13. The van der Waals surface area contributed by atoms with Crippen molar-refractivity contribution < 1.29 is 0 Å². The number of aryl methyl sites for hydroxylation is 1. The monoisotopic (exact) mass is 409 g/mol. The second-order valence-corrected chi connectivity index (χ2v) is 8.33. The fourth-order valence-corrected chi connectivity index (χ4v) is 4.71. The first kappa shape index (κ1) is 18.7. The molecule has 6 rings (SSSR count). The fourth-order valence-electron chi connectivity index (χ4n) is 4.71. The smallest absolute Gasteiger partial charge is 0.0547 e. The van der Waals surface area contributed by atoms with Crippen LogP contribution in [0.1, 0.15) is 5.56 Å². The molecule has 0 aliphatic heterocycles. The summed E-state index contributed by atoms with van der Waals surface area (Å²) in [6.07, 6.45) is 0. The molecule has 5 aromatic carbocycles. The van der Waals surface area contributed by atoms with Crippen LogP contribution in [0.3, 0.4) is 0 Å². The molecule has 152 valence electrons. The molecule has 0 radical (unpaired) electrons. The minimum absolute atomic E-state index is 1.19. The van der Waals surface area contributed by atoms with Gasteiger partial charge >= 0.3 is 0 Å². The predicted molar refractivity (Wildman–Crippen MR) is 136 cm³/mol. The van der Waals surface area contributed by atoms with E-state index in [-0.39, 0.29) is 0 Å². The third kappa shape index (κ3) is 3.02. The highest BCUT2D eigenvalue weighted by molar-refractivity contribution is 6.16. The fraction of sp³-hybridized carbons (Fsp3) is 0.0323.